The minimum atomic E-state index is -1.09. The molecule has 1 aromatic heterocycles. The number of nitrogens with one attached hydrogen (secondary N) is 2. The number of anilines is 1. The fourth-order valence-corrected chi connectivity index (χ4v) is 9.19. The average molecular weight is 714 g/mol. The summed E-state index contributed by atoms with van der Waals surface area (Å²) >= 11 is 0. The molecule has 0 saturated heterocycles. The van der Waals surface area contributed by atoms with Crippen LogP contribution in [0.2, 0.25) is 0 Å². The third-order valence-electron chi connectivity index (χ3n) is 11.3. The van der Waals surface area contributed by atoms with E-state index in [9.17, 15) is 9.59 Å². The number of carbonyl (C=O) groups is 2. The van der Waals surface area contributed by atoms with Crippen LogP contribution >= 0.6 is 0 Å². The molecule has 0 atom stereocenters. The fraction of sp³-hybridized carbons (Fsp3) is 0.595. The van der Waals surface area contributed by atoms with Gasteiger partial charge in [0.2, 0.25) is 0 Å². The van der Waals surface area contributed by atoms with Crippen LogP contribution in [0.1, 0.15) is 102 Å². The van der Waals surface area contributed by atoms with Crippen LogP contribution in [0.5, 0.6) is 11.5 Å². The maximum absolute atomic E-state index is 14.7. The van der Waals surface area contributed by atoms with Crippen molar-refractivity contribution in [1.82, 2.24) is 20.0 Å². The number of methoxy groups -OCH3 is 2. The van der Waals surface area contributed by atoms with E-state index in [2.05, 4.69) is 61.7 Å². The predicted molar refractivity (Wildman–Crippen MR) is 206 cm³/mol. The van der Waals surface area contributed by atoms with Gasteiger partial charge in [0.05, 0.1) is 31.2 Å². The van der Waals surface area contributed by atoms with Crippen molar-refractivity contribution < 1.29 is 23.8 Å². The molecular weight excluding hydrogens is 654 g/mol. The molecule has 0 unspecified atom stereocenters. The van der Waals surface area contributed by atoms with Gasteiger partial charge in [0, 0.05) is 12.2 Å². The molecule has 1 heterocycles. The Morgan fingerprint density at radius 1 is 0.942 bits per heavy atom. The largest absolute Gasteiger partial charge is 0.496 e. The summed E-state index contributed by atoms with van der Waals surface area (Å²) in [5.74, 6) is 1.93. The first-order chi connectivity index (χ1) is 24.7. The Bertz CT molecular complexity index is 1710. The summed E-state index contributed by atoms with van der Waals surface area (Å²) in [6, 6.07) is 13.8. The molecule has 10 nitrogen and oxygen atoms in total. The van der Waals surface area contributed by atoms with Crippen LogP contribution in [0.25, 0.3) is 16.9 Å². The average Bonchev–Trinajstić information content (AvgIpc) is 3.53. The van der Waals surface area contributed by atoms with Crippen molar-refractivity contribution >= 4 is 17.6 Å². The summed E-state index contributed by atoms with van der Waals surface area (Å²) < 4.78 is 19.7. The molecule has 0 radical (unpaired) electrons. The van der Waals surface area contributed by atoms with Gasteiger partial charge in [-0.05, 0) is 158 Å². The number of benzene rings is 2. The lowest BCUT2D eigenvalue weighted by Gasteiger charge is -2.59. The number of unbranched alkanes of at least 4 members (excludes halogenated alkanes) is 1. The van der Waals surface area contributed by atoms with Crippen molar-refractivity contribution in [2.75, 3.05) is 46.7 Å². The van der Waals surface area contributed by atoms with Crippen LogP contribution in [0.3, 0.4) is 0 Å². The van der Waals surface area contributed by atoms with Crippen LogP contribution < -0.4 is 20.1 Å². The number of nitrogens with zero attached hydrogens (tertiary/aromatic N) is 3. The van der Waals surface area contributed by atoms with E-state index in [0.29, 0.717) is 34.6 Å². The van der Waals surface area contributed by atoms with Gasteiger partial charge in [-0.15, -0.1) is 0 Å². The van der Waals surface area contributed by atoms with Crippen LogP contribution in [-0.4, -0.2) is 79.1 Å². The van der Waals surface area contributed by atoms with E-state index in [0.717, 1.165) is 68.6 Å². The standard InChI is InChI=1S/C42H59N5O5/c1-26(2)32-24-31(43-17-10-11-18-46(6)7)15-16-34(32)47-35(38-36(50-8)13-12-14-37(38)51-9)25-33(45-47)39(48)44-42(40(49)52-41(3,4)5)29-20-27-19-28(22-29)23-30(42)21-27/h12-16,24-30,43H,10-11,17-23H2,1-9H3,(H,44,48). The smallest absolute Gasteiger partial charge is 0.332 e. The van der Waals surface area contributed by atoms with Crippen molar-refractivity contribution in [2.45, 2.75) is 96.6 Å². The van der Waals surface area contributed by atoms with Gasteiger partial charge in [-0.2, -0.15) is 5.10 Å². The number of aromatic nitrogens is 2. The maximum Gasteiger partial charge on any atom is 0.332 e. The third-order valence-corrected chi connectivity index (χ3v) is 11.3. The number of esters is 1. The molecule has 4 aliphatic carbocycles. The van der Waals surface area contributed by atoms with Gasteiger partial charge in [-0.1, -0.05) is 19.9 Å². The molecule has 4 fully saturated rings. The summed E-state index contributed by atoms with van der Waals surface area (Å²) in [4.78, 5) is 31.2. The van der Waals surface area contributed by atoms with Crippen LogP contribution in [-0.2, 0) is 9.53 Å². The van der Waals surface area contributed by atoms with Gasteiger partial charge in [0.1, 0.15) is 22.6 Å². The van der Waals surface area contributed by atoms with E-state index in [1.165, 1.54) is 6.42 Å². The molecule has 10 heteroatoms. The van der Waals surface area contributed by atoms with Gasteiger partial charge in [0.15, 0.2) is 5.69 Å². The zero-order valence-electron chi connectivity index (χ0n) is 32.7. The lowest BCUT2D eigenvalue weighted by Crippen LogP contribution is -2.71. The molecule has 2 N–H and O–H groups in total. The Labute approximate surface area is 310 Å². The number of amides is 1. The normalized spacial score (nSPS) is 23.6. The lowest BCUT2D eigenvalue weighted by molar-refractivity contribution is -0.180. The molecule has 282 valence electrons. The molecule has 0 spiro atoms. The Morgan fingerprint density at radius 3 is 2.13 bits per heavy atom. The highest BCUT2D eigenvalue weighted by Crippen LogP contribution is 2.59. The molecule has 52 heavy (non-hydrogen) atoms. The van der Waals surface area contributed by atoms with Gasteiger partial charge < -0.3 is 29.7 Å². The SMILES string of the molecule is COc1cccc(OC)c1-c1cc(C(=O)NC2(C(=O)OC(C)(C)C)C3CC4CC(C3)CC2C4)nn1-c1ccc(NCCCCN(C)C)cc1C(C)C. The second-order valence-electron chi connectivity index (χ2n) is 16.9. The quantitative estimate of drug-likeness (QED) is 0.129. The molecule has 1 amide bonds. The molecule has 4 bridgehead atoms. The Morgan fingerprint density at radius 2 is 1.58 bits per heavy atom. The summed E-state index contributed by atoms with van der Waals surface area (Å²) in [5.41, 5.74) is 2.76. The minimum Gasteiger partial charge on any atom is -0.496 e. The van der Waals surface area contributed by atoms with E-state index in [1.807, 2.05) is 43.7 Å². The molecular formula is C42H59N5O5. The third kappa shape index (κ3) is 7.54. The number of hydrogen-bond acceptors (Lipinski definition) is 8. The number of hydrogen-bond donors (Lipinski definition) is 2. The van der Waals surface area contributed by atoms with Crippen molar-refractivity contribution in [3.05, 3.63) is 53.7 Å². The Hall–Kier alpha value is -4.05. The second-order valence-corrected chi connectivity index (χ2v) is 16.9. The molecule has 4 aliphatic rings. The summed E-state index contributed by atoms with van der Waals surface area (Å²) in [6.07, 6.45) is 7.13. The zero-order chi connectivity index (χ0) is 37.4. The van der Waals surface area contributed by atoms with Crippen LogP contribution in [0, 0.1) is 23.7 Å². The van der Waals surface area contributed by atoms with Crippen LogP contribution in [0.15, 0.2) is 42.5 Å². The second kappa shape index (κ2) is 15.1. The first kappa shape index (κ1) is 37.7. The summed E-state index contributed by atoms with van der Waals surface area (Å²) in [7, 11) is 7.45. The van der Waals surface area contributed by atoms with E-state index in [-0.39, 0.29) is 35.3 Å². The molecule has 3 aromatic rings. The van der Waals surface area contributed by atoms with Gasteiger partial charge in [0.25, 0.3) is 5.91 Å². The van der Waals surface area contributed by atoms with E-state index in [1.54, 1.807) is 20.3 Å². The first-order valence-electron chi connectivity index (χ1n) is 19.1. The topological polar surface area (TPSA) is 107 Å². The Kier molecular flexibility index (Phi) is 11.0. The lowest BCUT2D eigenvalue weighted by atomic mass is 9.48. The van der Waals surface area contributed by atoms with Crippen LogP contribution in [0.4, 0.5) is 5.69 Å². The Balaban J connectivity index is 1.42. The van der Waals surface area contributed by atoms with Crippen molar-refractivity contribution in [1.29, 1.82) is 0 Å². The van der Waals surface area contributed by atoms with Gasteiger partial charge in [-0.25, -0.2) is 9.48 Å². The molecule has 2 aromatic carbocycles. The maximum atomic E-state index is 14.7. The molecule has 0 aliphatic heterocycles. The first-order valence-corrected chi connectivity index (χ1v) is 19.1. The van der Waals surface area contributed by atoms with Crippen molar-refractivity contribution in [2.24, 2.45) is 23.7 Å². The number of ether oxygens (including phenoxy) is 3. The van der Waals surface area contributed by atoms with Crippen molar-refractivity contribution in [3.8, 4) is 28.4 Å². The highest BCUT2D eigenvalue weighted by molar-refractivity contribution is 5.98. The summed E-state index contributed by atoms with van der Waals surface area (Å²) in [6.45, 7) is 11.9. The highest BCUT2D eigenvalue weighted by atomic mass is 16.6. The highest BCUT2D eigenvalue weighted by Gasteiger charge is 2.63. The number of carbonyl (C=O) groups excluding carboxylic acids is 2. The predicted octanol–water partition coefficient (Wildman–Crippen LogP) is 7.70. The van der Waals surface area contributed by atoms with E-state index in [4.69, 9.17) is 19.3 Å². The number of rotatable bonds is 14. The monoisotopic (exact) mass is 713 g/mol. The zero-order valence-corrected chi connectivity index (χ0v) is 32.7. The van der Waals surface area contributed by atoms with E-state index >= 15 is 0 Å². The molecule has 7 rings (SSSR count). The fourth-order valence-electron chi connectivity index (χ4n) is 9.19. The van der Waals surface area contributed by atoms with E-state index < -0.39 is 11.1 Å². The molecule has 4 saturated carbocycles. The summed E-state index contributed by atoms with van der Waals surface area (Å²) in [5, 5.41) is 12.0. The van der Waals surface area contributed by atoms with Crippen molar-refractivity contribution in [3.63, 3.8) is 0 Å². The minimum absolute atomic E-state index is 0.0360. The van der Waals surface area contributed by atoms with Gasteiger partial charge >= 0.3 is 5.97 Å². The van der Waals surface area contributed by atoms with Gasteiger partial charge in [-0.3, -0.25) is 4.79 Å².